The second-order valence-corrected chi connectivity index (χ2v) is 9.13. The highest BCUT2D eigenvalue weighted by molar-refractivity contribution is 7.99. The first-order valence-corrected chi connectivity index (χ1v) is 11.5. The molecule has 1 fully saturated rings. The highest BCUT2D eigenvalue weighted by Crippen LogP contribution is 2.43. The van der Waals surface area contributed by atoms with Crippen LogP contribution < -0.4 is 10.2 Å². The molecule has 32 heavy (non-hydrogen) atoms. The molecule has 1 saturated heterocycles. The van der Waals surface area contributed by atoms with Crippen molar-refractivity contribution in [1.29, 1.82) is 0 Å². The smallest absolute Gasteiger partial charge is 0.174 e. The maximum Gasteiger partial charge on any atom is 0.174 e. The number of aromatic nitrogens is 1. The van der Waals surface area contributed by atoms with E-state index in [4.69, 9.17) is 28.2 Å². The van der Waals surface area contributed by atoms with Gasteiger partial charge in [-0.3, -0.25) is 4.98 Å². The summed E-state index contributed by atoms with van der Waals surface area (Å²) in [6, 6.07) is 23.9. The molecule has 2 aromatic heterocycles. The number of furan rings is 1. The normalized spacial score (nSPS) is 18.0. The Morgan fingerprint density at radius 3 is 2.50 bits per heavy atom. The molecule has 160 valence electrons. The SMILES string of the molecule is Oc1ccc(N2C(=S)N[C@@H](c3ccccn3)[C@H]2c2ccc(Sc3ccc(Cl)cc3)o2)cc1. The van der Waals surface area contributed by atoms with Gasteiger partial charge in [0.05, 0.1) is 11.7 Å². The van der Waals surface area contributed by atoms with Crippen molar-refractivity contribution in [2.24, 2.45) is 0 Å². The van der Waals surface area contributed by atoms with Crippen LogP contribution in [-0.4, -0.2) is 15.2 Å². The van der Waals surface area contributed by atoms with Gasteiger partial charge in [0.15, 0.2) is 10.2 Å². The summed E-state index contributed by atoms with van der Waals surface area (Å²) in [6.45, 7) is 0. The van der Waals surface area contributed by atoms with Gasteiger partial charge in [-0.15, -0.1) is 0 Å². The molecule has 0 radical (unpaired) electrons. The van der Waals surface area contributed by atoms with Crippen LogP contribution >= 0.6 is 35.6 Å². The fraction of sp³-hybridized carbons (Fsp3) is 0.0833. The number of thiocarbonyl (C=S) groups is 1. The van der Waals surface area contributed by atoms with E-state index in [9.17, 15) is 5.11 Å². The first-order valence-electron chi connectivity index (χ1n) is 9.91. The average molecular weight is 480 g/mol. The molecule has 5 nitrogen and oxygen atoms in total. The summed E-state index contributed by atoms with van der Waals surface area (Å²) < 4.78 is 6.29. The first kappa shape index (κ1) is 20.9. The lowest BCUT2D eigenvalue weighted by molar-refractivity contribution is 0.383. The summed E-state index contributed by atoms with van der Waals surface area (Å²) in [5.74, 6) is 0.960. The zero-order valence-corrected chi connectivity index (χ0v) is 19.1. The summed E-state index contributed by atoms with van der Waals surface area (Å²) in [6.07, 6.45) is 1.77. The summed E-state index contributed by atoms with van der Waals surface area (Å²) in [5, 5.41) is 15.2. The number of hydrogen-bond donors (Lipinski definition) is 2. The van der Waals surface area contributed by atoms with Gasteiger partial charge in [-0.2, -0.15) is 0 Å². The molecule has 0 saturated carbocycles. The molecule has 2 aromatic carbocycles. The molecule has 2 N–H and O–H groups in total. The Kier molecular flexibility index (Phi) is 5.78. The Balaban J connectivity index is 1.52. The van der Waals surface area contributed by atoms with Gasteiger partial charge in [-0.1, -0.05) is 29.4 Å². The molecule has 4 aromatic rings. The molecule has 0 aliphatic carbocycles. The lowest BCUT2D eigenvalue weighted by Gasteiger charge is -2.26. The number of halogens is 1. The number of nitrogens with zero attached hydrogens (tertiary/aromatic N) is 2. The van der Waals surface area contributed by atoms with E-state index in [0.717, 1.165) is 27.1 Å². The standard InChI is InChI=1S/C24H18ClN3O2S2/c25-15-4-10-18(11-5-15)32-21-13-12-20(30-21)23-22(19-3-1-2-14-26-19)27-24(31)28(23)16-6-8-17(29)9-7-16/h1-14,22-23,29H,(H,27,31)/t22-,23+/m0/s1. The third kappa shape index (κ3) is 4.19. The molecule has 0 unspecified atom stereocenters. The van der Waals surface area contributed by atoms with Crippen LogP contribution in [0, 0.1) is 0 Å². The topological polar surface area (TPSA) is 61.5 Å². The predicted molar refractivity (Wildman–Crippen MR) is 130 cm³/mol. The number of nitrogens with one attached hydrogen (secondary N) is 1. The summed E-state index contributed by atoms with van der Waals surface area (Å²) >= 11 is 13.2. The van der Waals surface area contributed by atoms with E-state index in [1.54, 1.807) is 18.3 Å². The van der Waals surface area contributed by atoms with E-state index in [1.165, 1.54) is 11.8 Å². The van der Waals surface area contributed by atoms with Crippen molar-refractivity contribution < 1.29 is 9.52 Å². The minimum absolute atomic E-state index is 0.197. The number of aromatic hydroxyl groups is 1. The predicted octanol–water partition coefficient (Wildman–Crippen LogP) is 6.36. The number of phenols is 1. The Morgan fingerprint density at radius 2 is 1.78 bits per heavy atom. The molecular formula is C24H18ClN3O2S2. The second-order valence-electron chi connectivity index (χ2n) is 7.23. The Labute approximate surface area is 200 Å². The van der Waals surface area contributed by atoms with Crippen molar-refractivity contribution in [2.45, 2.75) is 22.1 Å². The van der Waals surface area contributed by atoms with E-state index < -0.39 is 0 Å². The molecule has 0 bridgehead atoms. The summed E-state index contributed by atoms with van der Waals surface area (Å²) in [7, 11) is 0. The van der Waals surface area contributed by atoms with E-state index >= 15 is 0 Å². The molecule has 5 rings (SSSR count). The van der Waals surface area contributed by atoms with Crippen molar-refractivity contribution in [3.63, 3.8) is 0 Å². The molecule has 1 aliphatic heterocycles. The maximum atomic E-state index is 9.73. The van der Waals surface area contributed by atoms with Gasteiger partial charge in [0.1, 0.15) is 17.6 Å². The van der Waals surface area contributed by atoms with E-state index in [0.29, 0.717) is 10.1 Å². The van der Waals surface area contributed by atoms with Crippen LogP contribution in [0.5, 0.6) is 5.75 Å². The van der Waals surface area contributed by atoms with Crippen molar-refractivity contribution in [3.05, 3.63) is 102 Å². The number of phenolic OH excluding ortho intramolecular Hbond substituents is 1. The summed E-state index contributed by atoms with van der Waals surface area (Å²) in [4.78, 5) is 7.59. The first-order chi connectivity index (χ1) is 15.6. The highest BCUT2D eigenvalue weighted by Gasteiger charge is 2.42. The fourth-order valence-electron chi connectivity index (χ4n) is 3.70. The van der Waals surface area contributed by atoms with Crippen LogP contribution in [0.15, 0.2) is 99.5 Å². The van der Waals surface area contributed by atoms with Crippen LogP contribution in [0.2, 0.25) is 5.02 Å². The van der Waals surface area contributed by atoms with Gasteiger partial charge in [0.25, 0.3) is 0 Å². The number of hydrogen-bond acceptors (Lipinski definition) is 5. The third-order valence-electron chi connectivity index (χ3n) is 5.15. The lowest BCUT2D eigenvalue weighted by atomic mass is 10.0. The van der Waals surface area contributed by atoms with Crippen molar-refractivity contribution in [3.8, 4) is 5.75 Å². The largest absolute Gasteiger partial charge is 0.508 e. The molecule has 0 spiro atoms. The van der Waals surface area contributed by atoms with Crippen LogP contribution in [0.3, 0.4) is 0 Å². The number of rotatable bonds is 5. The molecule has 0 amide bonds. The fourth-order valence-corrected chi connectivity index (χ4v) is 4.95. The molecule has 3 heterocycles. The zero-order chi connectivity index (χ0) is 22.1. The van der Waals surface area contributed by atoms with Gasteiger partial charge < -0.3 is 19.7 Å². The Hall–Kier alpha value is -3.00. The minimum Gasteiger partial charge on any atom is -0.508 e. The van der Waals surface area contributed by atoms with Gasteiger partial charge >= 0.3 is 0 Å². The number of benzene rings is 2. The van der Waals surface area contributed by atoms with E-state index in [-0.39, 0.29) is 17.8 Å². The average Bonchev–Trinajstić information content (AvgIpc) is 3.40. The lowest BCUT2D eigenvalue weighted by Crippen LogP contribution is -2.29. The third-order valence-corrected chi connectivity index (χ3v) is 6.65. The number of pyridine rings is 1. The van der Waals surface area contributed by atoms with Gasteiger partial charge in [-0.25, -0.2) is 0 Å². The molecule has 1 aliphatic rings. The van der Waals surface area contributed by atoms with Gasteiger partial charge in [0.2, 0.25) is 0 Å². The number of anilines is 1. The van der Waals surface area contributed by atoms with Crippen LogP contribution in [0.1, 0.15) is 23.5 Å². The monoisotopic (exact) mass is 479 g/mol. The molecular weight excluding hydrogens is 462 g/mol. The zero-order valence-electron chi connectivity index (χ0n) is 16.7. The van der Waals surface area contributed by atoms with Gasteiger partial charge in [0, 0.05) is 21.8 Å². The van der Waals surface area contributed by atoms with E-state index in [2.05, 4.69) is 10.3 Å². The van der Waals surface area contributed by atoms with Crippen molar-refractivity contribution >= 4 is 46.4 Å². The Bertz CT molecular complexity index is 1230. The van der Waals surface area contributed by atoms with Crippen molar-refractivity contribution in [1.82, 2.24) is 10.3 Å². The quantitative estimate of drug-likeness (QED) is 0.323. The Morgan fingerprint density at radius 1 is 1.00 bits per heavy atom. The van der Waals surface area contributed by atoms with E-state index in [1.807, 2.05) is 71.6 Å². The highest BCUT2D eigenvalue weighted by atomic mass is 35.5. The van der Waals surface area contributed by atoms with Gasteiger partial charge in [-0.05, 0) is 85.0 Å². The minimum atomic E-state index is -0.249. The van der Waals surface area contributed by atoms with Crippen LogP contribution in [-0.2, 0) is 0 Å². The maximum absolute atomic E-state index is 9.73. The molecule has 2 atom stereocenters. The second kappa shape index (κ2) is 8.86. The van der Waals surface area contributed by atoms with Crippen LogP contribution in [0.4, 0.5) is 5.69 Å². The van der Waals surface area contributed by atoms with Crippen LogP contribution in [0.25, 0.3) is 0 Å². The van der Waals surface area contributed by atoms with Crippen molar-refractivity contribution in [2.75, 3.05) is 4.90 Å². The molecule has 8 heteroatoms. The summed E-state index contributed by atoms with van der Waals surface area (Å²) in [5.41, 5.74) is 1.72.